The van der Waals surface area contributed by atoms with Gasteiger partial charge in [0.25, 0.3) is 0 Å². The van der Waals surface area contributed by atoms with Crippen LogP contribution in [0.25, 0.3) is 0 Å². The summed E-state index contributed by atoms with van der Waals surface area (Å²) < 4.78 is 0. The average molecular weight is 310 g/mol. The lowest BCUT2D eigenvalue weighted by molar-refractivity contribution is -0.127. The molecule has 22 heavy (non-hydrogen) atoms. The first kappa shape index (κ1) is 17.7. The van der Waals surface area contributed by atoms with Gasteiger partial charge in [0.1, 0.15) is 0 Å². The molecule has 2 fully saturated rings. The Kier molecular flexibility index (Phi) is 6.66. The highest BCUT2D eigenvalue weighted by molar-refractivity contribution is 5.86. The van der Waals surface area contributed by atoms with E-state index in [0.29, 0.717) is 5.92 Å². The van der Waals surface area contributed by atoms with E-state index in [-0.39, 0.29) is 5.91 Å². The molecular formula is C17H34N4O. The molecule has 0 bridgehead atoms. The predicted molar refractivity (Wildman–Crippen MR) is 90.7 cm³/mol. The normalized spacial score (nSPS) is 24.9. The molecule has 1 amide bonds. The Balaban J connectivity index is 1.67. The lowest BCUT2D eigenvalue weighted by atomic mass is 9.82. The summed E-state index contributed by atoms with van der Waals surface area (Å²) in [5.74, 6) is 0.541. The minimum atomic E-state index is -0.606. The van der Waals surface area contributed by atoms with Crippen LogP contribution in [-0.4, -0.2) is 67.1 Å². The van der Waals surface area contributed by atoms with Crippen LogP contribution in [0.2, 0.25) is 0 Å². The van der Waals surface area contributed by atoms with Gasteiger partial charge in [-0.3, -0.25) is 4.79 Å². The van der Waals surface area contributed by atoms with E-state index in [0.717, 1.165) is 58.4 Å². The van der Waals surface area contributed by atoms with Crippen molar-refractivity contribution in [2.45, 2.75) is 51.5 Å². The second-order valence-electron chi connectivity index (χ2n) is 7.27. The van der Waals surface area contributed by atoms with E-state index in [1.807, 2.05) is 0 Å². The van der Waals surface area contributed by atoms with Gasteiger partial charge in [0.05, 0.1) is 5.54 Å². The summed E-state index contributed by atoms with van der Waals surface area (Å²) in [6.45, 7) is 12.0. The van der Waals surface area contributed by atoms with Crippen LogP contribution in [0.4, 0.5) is 0 Å². The van der Waals surface area contributed by atoms with Gasteiger partial charge in [-0.1, -0.05) is 33.1 Å². The Hall–Kier alpha value is -0.650. The molecule has 2 aliphatic rings. The highest BCUT2D eigenvalue weighted by Gasteiger charge is 2.35. The number of amides is 1. The average Bonchev–Trinajstić information content (AvgIpc) is 2.54. The standard InChI is InChI=1S/C17H34N4O/c1-3-20-9-11-21(12-10-20)14-15(2)13-19-16(22)17(18)7-5-4-6-8-17/h15H,3-14,18H2,1-2H3,(H,19,22). The number of nitrogens with one attached hydrogen (secondary N) is 1. The minimum Gasteiger partial charge on any atom is -0.354 e. The van der Waals surface area contributed by atoms with Gasteiger partial charge in [-0.25, -0.2) is 0 Å². The van der Waals surface area contributed by atoms with Gasteiger partial charge < -0.3 is 20.9 Å². The van der Waals surface area contributed by atoms with Crippen molar-refractivity contribution in [3.8, 4) is 0 Å². The Morgan fingerprint density at radius 2 is 1.73 bits per heavy atom. The quantitative estimate of drug-likeness (QED) is 0.769. The van der Waals surface area contributed by atoms with Crippen molar-refractivity contribution in [3.05, 3.63) is 0 Å². The van der Waals surface area contributed by atoms with Crippen molar-refractivity contribution in [1.29, 1.82) is 0 Å². The Labute approximate surface area is 135 Å². The lowest BCUT2D eigenvalue weighted by Gasteiger charge is -2.36. The van der Waals surface area contributed by atoms with E-state index in [1.54, 1.807) is 0 Å². The first-order chi connectivity index (χ1) is 10.5. The number of piperazine rings is 1. The molecule has 0 aromatic carbocycles. The summed E-state index contributed by atoms with van der Waals surface area (Å²) in [5, 5.41) is 3.10. The molecule has 1 saturated heterocycles. The lowest BCUT2D eigenvalue weighted by Crippen LogP contribution is -2.56. The van der Waals surface area contributed by atoms with E-state index >= 15 is 0 Å². The van der Waals surface area contributed by atoms with Crippen molar-refractivity contribution in [1.82, 2.24) is 15.1 Å². The number of carbonyl (C=O) groups excluding carboxylic acids is 1. The summed E-state index contributed by atoms with van der Waals surface area (Å²) in [6.07, 6.45) is 5.06. The maximum atomic E-state index is 12.3. The maximum Gasteiger partial charge on any atom is 0.240 e. The molecule has 0 spiro atoms. The Morgan fingerprint density at radius 1 is 1.14 bits per heavy atom. The van der Waals surface area contributed by atoms with Gasteiger partial charge >= 0.3 is 0 Å². The molecule has 1 aliphatic carbocycles. The fourth-order valence-electron chi connectivity index (χ4n) is 3.65. The SMILES string of the molecule is CCN1CCN(CC(C)CNC(=O)C2(N)CCCCC2)CC1. The van der Waals surface area contributed by atoms with Crippen molar-refractivity contribution >= 4 is 5.91 Å². The van der Waals surface area contributed by atoms with Gasteiger partial charge in [0.2, 0.25) is 5.91 Å². The highest BCUT2D eigenvalue weighted by atomic mass is 16.2. The highest BCUT2D eigenvalue weighted by Crippen LogP contribution is 2.25. The van der Waals surface area contributed by atoms with E-state index < -0.39 is 5.54 Å². The number of nitrogens with zero attached hydrogens (tertiary/aromatic N) is 2. The van der Waals surface area contributed by atoms with Gasteiger partial charge in [0, 0.05) is 39.3 Å². The third kappa shape index (κ3) is 4.93. The summed E-state index contributed by atoms with van der Waals surface area (Å²) >= 11 is 0. The van der Waals surface area contributed by atoms with E-state index in [1.165, 1.54) is 19.5 Å². The van der Waals surface area contributed by atoms with Gasteiger partial charge in [0.15, 0.2) is 0 Å². The molecule has 0 aromatic rings. The summed E-state index contributed by atoms with van der Waals surface area (Å²) in [4.78, 5) is 17.3. The van der Waals surface area contributed by atoms with Gasteiger partial charge in [-0.05, 0) is 25.3 Å². The summed E-state index contributed by atoms with van der Waals surface area (Å²) in [6, 6.07) is 0. The van der Waals surface area contributed by atoms with Crippen LogP contribution >= 0.6 is 0 Å². The molecule has 0 aromatic heterocycles. The van der Waals surface area contributed by atoms with Crippen LogP contribution < -0.4 is 11.1 Å². The van der Waals surface area contributed by atoms with Crippen molar-refractivity contribution < 1.29 is 4.79 Å². The van der Waals surface area contributed by atoms with Gasteiger partial charge in [-0.15, -0.1) is 0 Å². The number of rotatable bonds is 6. The number of hydrogen-bond acceptors (Lipinski definition) is 4. The molecule has 1 aliphatic heterocycles. The Bertz CT molecular complexity index is 347. The molecule has 1 saturated carbocycles. The zero-order chi connectivity index (χ0) is 16.0. The third-order valence-corrected chi connectivity index (χ3v) is 5.29. The zero-order valence-electron chi connectivity index (χ0n) is 14.4. The second kappa shape index (κ2) is 8.27. The van der Waals surface area contributed by atoms with Crippen LogP contribution in [-0.2, 0) is 4.79 Å². The molecule has 5 nitrogen and oxygen atoms in total. The topological polar surface area (TPSA) is 61.6 Å². The second-order valence-corrected chi connectivity index (χ2v) is 7.27. The van der Waals surface area contributed by atoms with Crippen LogP contribution in [0.1, 0.15) is 46.0 Å². The fourth-order valence-corrected chi connectivity index (χ4v) is 3.65. The van der Waals surface area contributed by atoms with Gasteiger partial charge in [-0.2, -0.15) is 0 Å². The molecule has 1 heterocycles. The monoisotopic (exact) mass is 310 g/mol. The number of likely N-dealkylation sites (N-methyl/N-ethyl adjacent to an activating group) is 1. The largest absolute Gasteiger partial charge is 0.354 e. The zero-order valence-corrected chi connectivity index (χ0v) is 14.4. The van der Waals surface area contributed by atoms with E-state index in [9.17, 15) is 4.79 Å². The molecule has 5 heteroatoms. The van der Waals surface area contributed by atoms with Crippen molar-refractivity contribution in [2.75, 3.05) is 45.8 Å². The van der Waals surface area contributed by atoms with Crippen molar-refractivity contribution in [2.24, 2.45) is 11.7 Å². The number of hydrogen-bond donors (Lipinski definition) is 2. The smallest absolute Gasteiger partial charge is 0.240 e. The summed E-state index contributed by atoms with van der Waals surface area (Å²) in [7, 11) is 0. The van der Waals surface area contributed by atoms with Crippen LogP contribution in [0.5, 0.6) is 0 Å². The molecule has 2 rings (SSSR count). The predicted octanol–water partition coefficient (Wildman–Crippen LogP) is 1.04. The first-order valence-electron chi connectivity index (χ1n) is 9.05. The molecule has 128 valence electrons. The molecular weight excluding hydrogens is 276 g/mol. The van der Waals surface area contributed by atoms with Crippen LogP contribution in [0.15, 0.2) is 0 Å². The van der Waals surface area contributed by atoms with E-state index in [2.05, 4.69) is 29.0 Å². The number of carbonyl (C=O) groups is 1. The van der Waals surface area contributed by atoms with Crippen LogP contribution in [0.3, 0.4) is 0 Å². The number of nitrogens with two attached hydrogens (primary N) is 1. The maximum absolute atomic E-state index is 12.3. The molecule has 1 atom stereocenters. The Morgan fingerprint density at radius 3 is 2.32 bits per heavy atom. The minimum absolute atomic E-state index is 0.0647. The molecule has 3 N–H and O–H groups in total. The summed E-state index contributed by atoms with van der Waals surface area (Å²) in [5.41, 5.74) is 5.67. The van der Waals surface area contributed by atoms with Crippen LogP contribution in [0, 0.1) is 5.92 Å². The fraction of sp³-hybridized carbons (Fsp3) is 0.941. The van der Waals surface area contributed by atoms with E-state index in [4.69, 9.17) is 5.73 Å². The molecule has 1 unspecified atom stereocenters. The molecule has 0 radical (unpaired) electrons. The first-order valence-corrected chi connectivity index (χ1v) is 9.05. The van der Waals surface area contributed by atoms with Crippen molar-refractivity contribution in [3.63, 3.8) is 0 Å². The third-order valence-electron chi connectivity index (χ3n) is 5.29.